The molecule has 0 fully saturated rings. The van der Waals surface area contributed by atoms with Gasteiger partial charge in [0, 0.05) is 15.6 Å². The van der Waals surface area contributed by atoms with Gasteiger partial charge in [0.1, 0.15) is 5.75 Å². The van der Waals surface area contributed by atoms with Crippen molar-refractivity contribution in [2.45, 2.75) is 0 Å². The standard InChI is InChI=1S/C16H12Cl2N4O3/c17-11-3-1-10(2-4-11)15-19-16(25-22-15)21-20-14(23)9-24-13-7-5-12(18)6-8-13/h1-8H,9H2,(H,20,23)(H,19,21,22). The van der Waals surface area contributed by atoms with E-state index in [2.05, 4.69) is 21.0 Å². The van der Waals surface area contributed by atoms with Gasteiger partial charge in [-0.2, -0.15) is 4.98 Å². The Balaban J connectivity index is 1.49. The van der Waals surface area contributed by atoms with Crippen molar-refractivity contribution >= 4 is 35.1 Å². The summed E-state index contributed by atoms with van der Waals surface area (Å²) in [5, 5.41) is 5.01. The molecule has 0 atom stereocenters. The van der Waals surface area contributed by atoms with Crippen LogP contribution < -0.4 is 15.6 Å². The summed E-state index contributed by atoms with van der Waals surface area (Å²) < 4.78 is 10.3. The average molecular weight is 379 g/mol. The van der Waals surface area contributed by atoms with Gasteiger partial charge in [-0.15, -0.1) is 0 Å². The molecule has 128 valence electrons. The van der Waals surface area contributed by atoms with E-state index in [4.69, 9.17) is 32.5 Å². The summed E-state index contributed by atoms with van der Waals surface area (Å²) in [6.45, 7) is -0.188. The Hall–Kier alpha value is -2.77. The molecule has 0 saturated heterocycles. The summed E-state index contributed by atoms with van der Waals surface area (Å²) in [4.78, 5) is 15.8. The molecular weight excluding hydrogens is 367 g/mol. The van der Waals surface area contributed by atoms with E-state index in [1.54, 1.807) is 48.5 Å². The molecule has 1 amide bonds. The van der Waals surface area contributed by atoms with Crippen LogP contribution in [-0.4, -0.2) is 22.7 Å². The van der Waals surface area contributed by atoms with Gasteiger partial charge >= 0.3 is 6.01 Å². The number of rotatable bonds is 6. The van der Waals surface area contributed by atoms with Gasteiger partial charge in [0.15, 0.2) is 6.61 Å². The number of nitrogens with zero attached hydrogens (tertiary/aromatic N) is 2. The summed E-state index contributed by atoms with van der Waals surface area (Å²) in [5.74, 6) is 0.481. The summed E-state index contributed by atoms with van der Waals surface area (Å²) in [5.41, 5.74) is 5.66. The molecule has 0 radical (unpaired) electrons. The third-order valence-electron chi connectivity index (χ3n) is 3.02. The highest BCUT2D eigenvalue weighted by Crippen LogP contribution is 2.19. The number of hydrogen-bond donors (Lipinski definition) is 2. The number of hydrogen-bond acceptors (Lipinski definition) is 6. The molecule has 0 aliphatic rings. The number of carbonyl (C=O) groups is 1. The molecule has 0 saturated carbocycles. The van der Waals surface area contributed by atoms with Crippen molar-refractivity contribution in [2.24, 2.45) is 0 Å². The van der Waals surface area contributed by atoms with Crippen molar-refractivity contribution < 1.29 is 14.1 Å². The minimum absolute atomic E-state index is 0.0461. The van der Waals surface area contributed by atoms with E-state index >= 15 is 0 Å². The van der Waals surface area contributed by atoms with Crippen molar-refractivity contribution in [2.75, 3.05) is 12.0 Å². The van der Waals surface area contributed by atoms with Gasteiger partial charge in [-0.1, -0.05) is 28.4 Å². The number of benzene rings is 2. The van der Waals surface area contributed by atoms with Crippen LogP contribution in [0.1, 0.15) is 0 Å². The van der Waals surface area contributed by atoms with E-state index in [1.807, 2.05) is 0 Å². The number of aromatic nitrogens is 2. The minimum atomic E-state index is -0.416. The highest BCUT2D eigenvalue weighted by atomic mass is 35.5. The van der Waals surface area contributed by atoms with E-state index in [0.717, 1.165) is 5.56 Å². The molecule has 9 heteroatoms. The van der Waals surface area contributed by atoms with Crippen molar-refractivity contribution in [3.8, 4) is 17.1 Å². The van der Waals surface area contributed by atoms with Gasteiger partial charge in [0.05, 0.1) is 0 Å². The normalized spacial score (nSPS) is 10.3. The minimum Gasteiger partial charge on any atom is -0.484 e. The Bertz CT molecular complexity index is 851. The van der Waals surface area contributed by atoms with Gasteiger partial charge in [0.25, 0.3) is 5.91 Å². The number of carbonyl (C=O) groups excluding carboxylic acids is 1. The molecule has 7 nitrogen and oxygen atoms in total. The van der Waals surface area contributed by atoms with E-state index in [0.29, 0.717) is 21.6 Å². The second-order valence-electron chi connectivity index (χ2n) is 4.85. The zero-order chi connectivity index (χ0) is 17.6. The molecule has 0 spiro atoms. The SMILES string of the molecule is O=C(COc1ccc(Cl)cc1)NNc1nc(-c2ccc(Cl)cc2)no1. The molecule has 3 aromatic rings. The quantitative estimate of drug-likeness (QED) is 0.637. The highest BCUT2D eigenvalue weighted by Gasteiger charge is 2.09. The zero-order valence-electron chi connectivity index (χ0n) is 12.7. The Kier molecular flexibility index (Phi) is 5.37. The lowest BCUT2D eigenvalue weighted by atomic mass is 10.2. The maximum absolute atomic E-state index is 11.7. The lowest BCUT2D eigenvalue weighted by Crippen LogP contribution is -2.33. The second-order valence-corrected chi connectivity index (χ2v) is 5.72. The average Bonchev–Trinajstić information content (AvgIpc) is 3.09. The summed E-state index contributed by atoms with van der Waals surface area (Å²) >= 11 is 11.6. The number of hydrazine groups is 1. The largest absolute Gasteiger partial charge is 0.484 e. The van der Waals surface area contributed by atoms with Crippen LogP contribution in [0.4, 0.5) is 6.01 Å². The van der Waals surface area contributed by atoms with Crippen LogP contribution in [0.3, 0.4) is 0 Å². The van der Waals surface area contributed by atoms with Crippen molar-refractivity contribution in [1.29, 1.82) is 0 Å². The number of anilines is 1. The first-order valence-electron chi connectivity index (χ1n) is 7.13. The third kappa shape index (κ3) is 4.85. The topological polar surface area (TPSA) is 89.3 Å². The molecule has 1 aromatic heterocycles. The monoisotopic (exact) mass is 378 g/mol. The fourth-order valence-electron chi connectivity index (χ4n) is 1.83. The van der Waals surface area contributed by atoms with Crippen LogP contribution in [0.15, 0.2) is 53.1 Å². The first-order chi connectivity index (χ1) is 12.1. The van der Waals surface area contributed by atoms with Crippen LogP contribution in [-0.2, 0) is 4.79 Å². The maximum atomic E-state index is 11.7. The Morgan fingerprint density at radius 3 is 2.36 bits per heavy atom. The number of amides is 1. The van der Waals surface area contributed by atoms with E-state index < -0.39 is 5.91 Å². The van der Waals surface area contributed by atoms with Crippen LogP contribution >= 0.6 is 23.2 Å². The number of nitrogens with one attached hydrogen (secondary N) is 2. The summed E-state index contributed by atoms with van der Waals surface area (Å²) in [6.07, 6.45) is 0. The second kappa shape index (κ2) is 7.87. The molecule has 2 aromatic carbocycles. The first kappa shape index (κ1) is 17.1. The summed E-state index contributed by atoms with van der Waals surface area (Å²) in [7, 11) is 0. The smallest absolute Gasteiger partial charge is 0.340 e. The molecule has 0 unspecified atom stereocenters. The van der Waals surface area contributed by atoms with Gasteiger partial charge in [-0.3, -0.25) is 10.2 Å². The van der Waals surface area contributed by atoms with Crippen LogP contribution in [0, 0.1) is 0 Å². The van der Waals surface area contributed by atoms with Crippen molar-refractivity contribution in [3.63, 3.8) is 0 Å². The molecular formula is C16H12Cl2N4O3. The molecule has 0 bridgehead atoms. The summed E-state index contributed by atoms with van der Waals surface area (Å²) in [6, 6.07) is 13.7. The first-order valence-corrected chi connectivity index (χ1v) is 7.88. The zero-order valence-corrected chi connectivity index (χ0v) is 14.2. The van der Waals surface area contributed by atoms with Crippen LogP contribution in [0.5, 0.6) is 5.75 Å². The number of ether oxygens (including phenoxy) is 1. The van der Waals surface area contributed by atoms with Gasteiger partial charge in [-0.05, 0) is 48.5 Å². The lowest BCUT2D eigenvalue weighted by Gasteiger charge is -2.06. The van der Waals surface area contributed by atoms with Crippen molar-refractivity contribution in [1.82, 2.24) is 15.6 Å². The van der Waals surface area contributed by atoms with E-state index in [-0.39, 0.29) is 12.6 Å². The van der Waals surface area contributed by atoms with E-state index in [9.17, 15) is 4.79 Å². The number of halogens is 2. The fraction of sp³-hybridized carbons (Fsp3) is 0.0625. The Morgan fingerprint density at radius 2 is 1.68 bits per heavy atom. The van der Waals surface area contributed by atoms with E-state index in [1.165, 1.54) is 0 Å². The van der Waals surface area contributed by atoms with Gasteiger partial charge < -0.3 is 9.26 Å². The predicted octanol–water partition coefficient (Wildman–Crippen LogP) is 3.57. The Labute approximate surface area is 152 Å². The predicted molar refractivity (Wildman–Crippen MR) is 93.5 cm³/mol. The van der Waals surface area contributed by atoms with Crippen LogP contribution in [0.25, 0.3) is 11.4 Å². The maximum Gasteiger partial charge on any atom is 0.340 e. The molecule has 1 heterocycles. The lowest BCUT2D eigenvalue weighted by molar-refractivity contribution is -0.122. The molecule has 0 aliphatic heterocycles. The molecule has 2 N–H and O–H groups in total. The fourth-order valence-corrected chi connectivity index (χ4v) is 2.08. The molecule has 3 rings (SSSR count). The van der Waals surface area contributed by atoms with Crippen LogP contribution in [0.2, 0.25) is 10.0 Å². The van der Waals surface area contributed by atoms with Gasteiger partial charge in [0.2, 0.25) is 5.82 Å². The molecule has 0 aliphatic carbocycles. The molecule has 25 heavy (non-hydrogen) atoms. The van der Waals surface area contributed by atoms with Gasteiger partial charge in [-0.25, -0.2) is 5.43 Å². The van der Waals surface area contributed by atoms with Crippen molar-refractivity contribution in [3.05, 3.63) is 58.6 Å². The highest BCUT2D eigenvalue weighted by molar-refractivity contribution is 6.30. The Morgan fingerprint density at radius 1 is 1.04 bits per heavy atom. The third-order valence-corrected chi connectivity index (χ3v) is 3.52.